The van der Waals surface area contributed by atoms with Gasteiger partial charge in [-0.3, -0.25) is 19.2 Å². The van der Waals surface area contributed by atoms with Gasteiger partial charge in [0.1, 0.15) is 18.1 Å². The Morgan fingerprint density at radius 3 is 1.76 bits per heavy atom. The maximum Gasteiger partial charge on any atom is 0.328 e. The number of carboxylic acids is 1. The standard InChI is InChI=1S/C17H31N5O7/c1-8(2)6-11(16(27)22-12(7-23)17(28)29)21-15(26)10(4-5-13(19)24)20-14(25)9(3)18/h8-12,23H,4-7,18H2,1-3H3,(H2,19,24)(H,20,25)(H,21,26)(H,22,27)(H,28,29). The van der Waals surface area contributed by atoms with Crippen LogP contribution in [0.3, 0.4) is 0 Å². The molecule has 0 bridgehead atoms. The van der Waals surface area contributed by atoms with E-state index in [0.29, 0.717) is 0 Å². The molecule has 0 aromatic heterocycles. The van der Waals surface area contributed by atoms with Crippen molar-refractivity contribution in [1.82, 2.24) is 16.0 Å². The average Bonchev–Trinajstić information content (AvgIpc) is 2.60. The maximum atomic E-state index is 12.6. The third-order valence-electron chi connectivity index (χ3n) is 3.86. The largest absolute Gasteiger partial charge is 0.480 e. The monoisotopic (exact) mass is 417 g/mol. The Kier molecular flexibility index (Phi) is 11.5. The number of nitrogens with one attached hydrogen (secondary N) is 3. The molecule has 29 heavy (non-hydrogen) atoms. The molecule has 0 saturated carbocycles. The molecule has 4 unspecified atom stereocenters. The van der Waals surface area contributed by atoms with Crippen LogP contribution >= 0.6 is 0 Å². The van der Waals surface area contributed by atoms with Gasteiger partial charge >= 0.3 is 5.97 Å². The summed E-state index contributed by atoms with van der Waals surface area (Å²) in [5.74, 6) is -4.35. The van der Waals surface area contributed by atoms with Crippen LogP contribution in [0.25, 0.3) is 0 Å². The molecule has 0 aliphatic carbocycles. The Morgan fingerprint density at radius 2 is 1.34 bits per heavy atom. The summed E-state index contributed by atoms with van der Waals surface area (Å²) >= 11 is 0. The zero-order valence-corrected chi connectivity index (χ0v) is 16.8. The van der Waals surface area contributed by atoms with Crippen molar-refractivity contribution in [1.29, 1.82) is 0 Å². The van der Waals surface area contributed by atoms with Gasteiger partial charge in [-0.05, 0) is 25.7 Å². The molecular formula is C17H31N5O7. The lowest BCUT2D eigenvalue weighted by atomic mass is 10.0. The fraction of sp³-hybridized carbons (Fsp3) is 0.706. The quantitative estimate of drug-likeness (QED) is 0.165. The molecule has 0 aliphatic heterocycles. The molecule has 9 N–H and O–H groups in total. The molecule has 0 rings (SSSR count). The second kappa shape index (κ2) is 12.7. The van der Waals surface area contributed by atoms with Crippen LogP contribution in [0.5, 0.6) is 0 Å². The Labute approximate surface area is 168 Å². The Morgan fingerprint density at radius 1 is 0.862 bits per heavy atom. The van der Waals surface area contributed by atoms with Gasteiger partial charge in [0.15, 0.2) is 0 Å². The highest BCUT2D eigenvalue weighted by atomic mass is 16.4. The lowest BCUT2D eigenvalue weighted by Crippen LogP contribution is -2.57. The van der Waals surface area contributed by atoms with Crippen LogP contribution in [0.2, 0.25) is 0 Å². The molecule has 0 aromatic rings. The van der Waals surface area contributed by atoms with Gasteiger partial charge in [0.05, 0.1) is 12.6 Å². The fourth-order valence-electron chi connectivity index (χ4n) is 2.29. The Bertz CT molecular complexity index is 609. The zero-order chi connectivity index (χ0) is 22.7. The highest BCUT2D eigenvalue weighted by molar-refractivity contribution is 5.94. The van der Waals surface area contributed by atoms with E-state index in [1.807, 2.05) is 0 Å². The summed E-state index contributed by atoms with van der Waals surface area (Å²) in [4.78, 5) is 59.0. The zero-order valence-electron chi connectivity index (χ0n) is 16.8. The number of amides is 4. The molecule has 4 atom stereocenters. The molecule has 0 spiro atoms. The molecule has 0 aliphatic rings. The van der Waals surface area contributed by atoms with Crippen LogP contribution in [0.1, 0.15) is 40.0 Å². The summed E-state index contributed by atoms with van der Waals surface area (Å²) in [6.45, 7) is 4.16. The number of carbonyl (C=O) groups is 5. The molecule has 4 amide bonds. The van der Waals surface area contributed by atoms with Gasteiger partial charge in [0.2, 0.25) is 23.6 Å². The van der Waals surface area contributed by atoms with E-state index >= 15 is 0 Å². The van der Waals surface area contributed by atoms with Crippen molar-refractivity contribution in [2.24, 2.45) is 17.4 Å². The van der Waals surface area contributed by atoms with E-state index in [4.69, 9.17) is 21.7 Å². The summed E-state index contributed by atoms with van der Waals surface area (Å²) in [6, 6.07) is -4.73. The van der Waals surface area contributed by atoms with Crippen molar-refractivity contribution in [2.75, 3.05) is 6.61 Å². The first-order chi connectivity index (χ1) is 13.4. The highest BCUT2D eigenvalue weighted by Crippen LogP contribution is 2.07. The van der Waals surface area contributed by atoms with Crippen molar-refractivity contribution in [2.45, 2.75) is 64.2 Å². The van der Waals surface area contributed by atoms with Gasteiger partial charge < -0.3 is 37.6 Å². The summed E-state index contributed by atoms with van der Waals surface area (Å²) in [5, 5.41) is 25.0. The molecule has 0 aromatic carbocycles. The normalized spacial score (nSPS) is 15.0. The van der Waals surface area contributed by atoms with Gasteiger partial charge in [-0.15, -0.1) is 0 Å². The second-order valence-electron chi connectivity index (χ2n) is 7.13. The SMILES string of the molecule is CC(C)CC(NC(=O)C(CCC(N)=O)NC(=O)C(C)N)C(=O)NC(CO)C(=O)O. The summed E-state index contributed by atoms with van der Waals surface area (Å²) in [7, 11) is 0. The molecule has 0 heterocycles. The highest BCUT2D eigenvalue weighted by Gasteiger charge is 2.30. The number of aliphatic hydroxyl groups is 1. The summed E-state index contributed by atoms with van der Waals surface area (Å²) < 4.78 is 0. The Balaban J connectivity index is 5.37. The van der Waals surface area contributed by atoms with Crippen LogP contribution in [-0.4, -0.2) is 70.6 Å². The van der Waals surface area contributed by atoms with Crippen molar-refractivity contribution in [3.63, 3.8) is 0 Å². The number of rotatable bonds is 13. The molecular weight excluding hydrogens is 386 g/mol. The molecule has 12 heteroatoms. The van der Waals surface area contributed by atoms with E-state index in [2.05, 4.69) is 16.0 Å². The Hall–Kier alpha value is -2.73. The van der Waals surface area contributed by atoms with Gasteiger partial charge in [0, 0.05) is 6.42 Å². The summed E-state index contributed by atoms with van der Waals surface area (Å²) in [5.41, 5.74) is 10.6. The lowest BCUT2D eigenvalue weighted by Gasteiger charge is -2.25. The number of primary amides is 1. The van der Waals surface area contributed by atoms with Crippen molar-refractivity contribution < 1.29 is 34.2 Å². The smallest absolute Gasteiger partial charge is 0.328 e. The minimum atomic E-state index is -1.53. The maximum absolute atomic E-state index is 12.6. The van der Waals surface area contributed by atoms with Gasteiger partial charge in [-0.25, -0.2) is 4.79 Å². The average molecular weight is 417 g/mol. The van der Waals surface area contributed by atoms with Crippen molar-refractivity contribution >= 4 is 29.6 Å². The third kappa shape index (κ3) is 10.4. The van der Waals surface area contributed by atoms with Crippen LogP contribution < -0.4 is 27.4 Å². The van der Waals surface area contributed by atoms with Crippen molar-refractivity contribution in [3.8, 4) is 0 Å². The number of carboxylic acid groups (broad SMARTS) is 1. The molecule has 0 fully saturated rings. The van der Waals surface area contributed by atoms with Gasteiger partial charge in [-0.2, -0.15) is 0 Å². The predicted molar refractivity (Wildman–Crippen MR) is 102 cm³/mol. The van der Waals surface area contributed by atoms with Crippen LogP contribution in [0.15, 0.2) is 0 Å². The number of nitrogens with two attached hydrogens (primary N) is 2. The van der Waals surface area contributed by atoms with E-state index in [1.54, 1.807) is 13.8 Å². The molecule has 0 radical (unpaired) electrons. The van der Waals surface area contributed by atoms with E-state index in [0.717, 1.165) is 0 Å². The molecule has 0 saturated heterocycles. The van der Waals surface area contributed by atoms with Gasteiger partial charge in [-0.1, -0.05) is 13.8 Å². The number of aliphatic hydroxyl groups excluding tert-OH is 1. The van der Waals surface area contributed by atoms with E-state index < -0.39 is 60.4 Å². The number of hydrogen-bond acceptors (Lipinski definition) is 7. The topological polar surface area (TPSA) is 214 Å². The van der Waals surface area contributed by atoms with Crippen LogP contribution in [0, 0.1) is 5.92 Å². The molecule has 12 nitrogen and oxygen atoms in total. The number of hydrogen-bond donors (Lipinski definition) is 7. The predicted octanol–water partition coefficient (Wildman–Crippen LogP) is -2.82. The van der Waals surface area contributed by atoms with E-state index in [9.17, 15) is 24.0 Å². The first-order valence-corrected chi connectivity index (χ1v) is 9.17. The second-order valence-corrected chi connectivity index (χ2v) is 7.13. The minimum absolute atomic E-state index is 0.0498. The van der Waals surface area contributed by atoms with Crippen LogP contribution in [0.4, 0.5) is 0 Å². The molecule has 166 valence electrons. The van der Waals surface area contributed by atoms with E-state index in [1.165, 1.54) is 6.92 Å². The summed E-state index contributed by atoms with van der Waals surface area (Å²) in [6.07, 6.45) is -0.132. The fourth-order valence-corrected chi connectivity index (χ4v) is 2.29. The first-order valence-electron chi connectivity index (χ1n) is 9.17. The van der Waals surface area contributed by atoms with E-state index in [-0.39, 0.29) is 25.2 Å². The first kappa shape index (κ1) is 26.3. The van der Waals surface area contributed by atoms with Gasteiger partial charge in [0.25, 0.3) is 0 Å². The van der Waals surface area contributed by atoms with Crippen LogP contribution in [-0.2, 0) is 24.0 Å². The third-order valence-corrected chi connectivity index (χ3v) is 3.86. The lowest BCUT2D eigenvalue weighted by molar-refractivity contribution is -0.143. The minimum Gasteiger partial charge on any atom is -0.480 e. The van der Waals surface area contributed by atoms with Crippen molar-refractivity contribution in [3.05, 3.63) is 0 Å². The number of aliphatic carboxylic acids is 1. The number of carbonyl (C=O) groups excluding carboxylic acids is 4.